The first-order valence-corrected chi connectivity index (χ1v) is 9.90. The van der Waals surface area contributed by atoms with Crippen LogP contribution in [0.15, 0.2) is 35.1 Å². The maximum atomic E-state index is 12.9. The summed E-state index contributed by atoms with van der Waals surface area (Å²) in [7, 11) is 0. The minimum absolute atomic E-state index is 0.236. The molecule has 0 saturated heterocycles. The van der Waals surface area contributed by atoms with Crippen molar-refractivity contribution in [2.45, 2.75) is 41.2 Å². The van der Waals surface area contributed by atoms with Gasteiger partial charge in [-0.25, -0.2) is 14.5 Å². The Labute approximate surface area is 179 Å². The Bertz CT molecular complexity index is 1190. The number of benzene rings is 1. The van der Waals surface area contributed by atoms with Gasteiger partial charge in [-0.15, -0.1) is 0 Å². The summed E-state index contributed by atoms with van der Waals surface area (Å²) in [5.41, 5.74) is 3.22. The predicted molar refractivity (Wildman–Crippen MR) is 116 cm³/mol. The third kappa shape index (κ3) is 4.71. The van der Waals surface area contributed by atoms with Crippen LogP contribution in [-0.4, -0.2) is 37.8 Å². The first kappa shape index (κ1) is 21.9. The Morgan fingerprint density at radius 1 is 1.10 bits per heavy atom. The van der Waals surface area contributed by atoms with Crippen LogP contribution in [0.4, 0.5) is 5.69 Å². The van der Waals surface area contributed by atoms with Crippen LogP contribution in [0.1, 0.15) is 39.9 Å². The molecule has 162 valence electrons. The molecule has 0 fully saturated rings. The van der Waals surface area contributed by atoms with Crippen molar-refractivity contribution in [3.8, 4) is 5.95 Å². The molecule has 2 aromatic heterocycles. The van der Waals surface area contributed by atoms with Gasteiger partial charge in [-0.05, 0) is 65.0 Å². The second-order valence-electron chi connectivity index (χ2n) is 7.20. The van der Waals surface area contributed by atoms with Crippen LogP contribution in [0.5, 0.6) is 0 Å². The summed E-state index contributed by atoms with van der Waals surface area (Å²) in [5.74, 6) is -0.548. The van der Waals surface area contributed by atoms with Gasteiger partial charge in [0.25, 0.3) is 5.56 Å². The van der Waals surface area contributed by atoms with Crippen molar-refractivity contribution in [2.75, 3.05) is 11.9 Å². The van der Waals surface area contributed by atoms with E-state index in [0.717, 1.165) is 11.4 Å². The van der Waals surface area contributed by atoms with Gasteiger partial charge >= 0.3 is 5.97 Å². The first-order valence-electron chi connectivity index (χ1n) is 9.90. The van der Waals surface area contributed by atoms with Gasteiger partial charge < -0.3 is 10.1 Å². The van der Waals surface area contributed by atoms with Gasteiger partial charge in [-0.3, -0.25) is 14.2 Å². The lowest BCUT2D eigenvalue weighted by atomic mass is 10.2. The number of nitrogens with zero attached hydrogens (tertiary/aromatic N) is 4. The molecule has 1 N–H and O–H groups in total. The standard InChI is InChI=1S/C22H25N5O4/c1-6-31-21(30)17-7-9-18(10-8-17)24-19(28)12-26-20(29)15(4)16(5)23-22(26)27-14(3)11-13(2)25-27/h7-11H,6,12H2,1-5H3,(H,24,28). The largest absolute Gasteiger partial charge is 0.462 e. The van der Waals surface area contributed by atoms with Crippen LogP contribution < -0.4 is 10.9 Å². The maximum absolute atomic E-state index is 12.9. The summed E-state index contributed by atoms with van der Waals surface area (Å²) < 4.78 is 7.82. The lowest BCUT2D eigenvalue weighted by Gasteiger charge is -2.15. The molecule has 1 aromatic carbocycles. The maximum Gasteiger partial charge on any atom is 0.338 e. The zero-order valence-electron chi connectivity index (χ0n) is 18.2. The highest BCUT2D eigenvalue weighted by Crippen LogP contribution is 2.13. The SMILES string of the molecule is CCOC(=O)c1ccc(NC(=O)Cn2c(-n3nc(C)cc3C)nc(C)c(C)c2=O)cc1. The second kappa shape index (κ2) is 8.95. The summed E-state index contributed by atoms with van der Waals surface area (Å²) in [4.78, 5) is 41.9. The molecule has 0 saturated carbocycles. The molecule has 0 spiro atoms. The van der Waals surface area contributed by atoms with E-state index in [2.05, 4.69) is 15.4 Å². The number of anilines is 1. The number of nitrogens with one attached hydrogen (secondary N) is 1. The van der Waals surface area contributed by atoms with E-state index in [1.165, 1.54) is 4.57 Å². The van der Waals surface area contributed by atoms with E-state index >= 15 is 0 Å². The highest BCUT2D eigenvalue weighted by molar-refractivity contribution is 5.93. The number of aryl methyl sites for hydroxylation is 3. The third-order valence-electron chi connectivity index (χ3n) is 4.80. The normalized spacial score (nSPS) is 10.7. The molecule has 0 unspecified atom stereocenters. The number of esters is 1. The number of carbonyl (C=O) groups is 2. The summed E-state index contributed by atoms with van der Waals surface area (Å²) >= 11 is 0. The molecule has 9 nitrogen and oxygen atoms in total. The van der Waals surface area contributed by atoms with Crippen molar-refractivity contribution in [1.82, 2.24) is 19.3 Å². The van der Waals surface area contributed by atoms with E-state index in [1.807, 2.05) is 19.9 Å². The number of amides is 1. The topological polar surface area (TPSA) is 108 Å². The number of carbonyl (C=O) groups excluding carboxylic acids is 2. The Balaban J connectivity index is 1.87. The van der Waals surface area contributed by atoms with Gasteiger partial charge in [0.1, 0.15) is 6.54 Å². The number of hydrogen-bond acceptors (Lipinski definition) is 6. The molecule has 0 aliphatic carbocycles. The van der Waals surface area contributed by atoms with Crippen LogP contribution in [0.2, 0.25) is 0 Å². The van der Waals surface area contributed by atoms with Gasteiger partial charge in [0, 0.05) is 22.6 Å². The van der Waals surface area contributed by atoms with Gasteiger partial charge in [-0.1, -0.05) is 0 Å². The smallest absolute Gasteiger partial charge is 0.338 e. The highest BCUT2D eigenvalue weighted by atomic mass is 16.5. The molecule has 0 atom stereocenters. The van der Waals surface area contributed by atoms with Crippen LogP contribution in [-0.2, 0) is 16.1 Å². The van der Waals surface area contributed by atoms with E-state index in [4.69, 9.17) is 4.74 Å². The molecule has 1 amide bonds. The summed E-state index contributed by atoms with van der Waals surface area (Å²) in [6.07, 6.45) is 0. The Morgan fingerprint density at radius 3 is 2.35 bits per heavy atom. The van der Waals surface area contributed by atoms with Crippen molar-refractivity contribution in [1.29, 1.82) is 0 Å². The van der Waals surface area contributed by atoms with Gasteiger partial charge in [0.2, 0.25) is 11.9 Å². The van der Waals surface area contributed by atoms with Crippen LogP contribution >= 0.6 is 0 Å². The average Bonchev–Trinajstić information content (AvgIpc) is 3.06. The molecular weight excluding hydrogens is 398 g/mol. The fourth-order valence-corrected chi connectivity index (χ4v) is 3.13. The lowest BCUT2D eigenvalue weighted by molar-refractivity contribution is -0.116. The van der Waals surface area contributed by atoms with Gasteiger partial charge in [0.15, 0.2) is 0 Å². The second-order valence-corrected chi connectivity index (χ2v) is 7.20. The molecule has 0 aliphatic heterocycles. The van der Waals surface area contributed by atoms with Crippen molar-refractivity contribution < 1.29 is 14.3 Å². The molecule has 2 heterocycles. The number of rotatable bonds is 6. The number of aromatic nitrogens is 4. The molecule has 3 aromatic rings. The highest BCUT2D eigenvalue weighted by Gasteiger charge is 2.18. The molecule has 9 heteroatoms. The molecule has 0 radical (unpaired) electrons. The van der Waals surface area contributed by atoms with Crippen LogP contribution in [0.25, 0.3) is 5.95 Å². The molecule has 0 bridgehead atoms. The number of hydrogen-bond donors (Lipinski definition) is 1. The Hall–Kier alpha value is -3.75. The van der Waals surface area contributed by atoms with Gasteiger partial charge in [0.05, 0.1) is 17.9 Å². The van der Waals surface area contributed by atoms with Gasteiger partial charge in [-0.2, -0.15) is 5.10 Å². The predicted octanol–water partition coefficient (Wildman–Crippen LogP) is 2.48. The van der Waals surface area contributed by atoms with E-state index in [0.29, 0.717) is 22.5 Å². The van der Waals surface area contributed by atoms with E-state index < -0.39 is 11.9 Å². The quantitative estimate of drug-likeness (QED) is 0.610. The first-order chi connectivity index (χ1) is 14.7. The minimum Gasteiger partial charge on any atom is -0.462 e. The third-order valence-corrected chi connectivity index (χ3v) is 4.80. The van der Waals surface area contributed by atoms with E-state index in [9.17, 15) is 14.4 Å². The minimum atomic E-state index is -0.428. The summed E-state index contributed by atoms with van der Waals surface area (Å²) in [5, 5.41) is 7.14. The Morgan fingerprint density at radius 2 is 1.77 bits per heavy atom. The van der Waals surface area contributed by atoms with E-state index in [-0.39, 0.29) is 24.7 Å². The summed E-state index contributed by atoms with van der Waals surface area (Å²) in [6.45, 7) is 8.92. The lowest BCUT2D eigenvalue weighted by Crippen LogP contribution is -2.33. The number of ether oxygens (including phenoxy) is 1. The van der Waals surface area contributed by atoms with Crippen LogP contribution in [0, 0.1) is 27.7 Å². The van der Waals surface area contributed by atoms with Crippen molar-refractivity contribution >= 4 is 17.6 Å². The zero-order chi connectivity index (χ0) is 22.7. The van der Waals surface area contributed by atoms with Crippen molar-refractivity contribution in [3.63, 3.8) is 0 Å². The van der Waals surface area contributed by atoms with Crippen molar-refractivity contribution in [3.05, 3.63) is 68.9 Å². The molecule has 3 rings (SSSR count). The molecule has 0 aliphatic rings. The van der Waals surface area contributed by atoms with Crippen molar-refractivity contribution in [2.24, 2.45) is 0 Å². The molecular formula is C22H25N5O4. The Kier molecular flexibility index (Phi) is 6.33. The average molecular weight is 423 g/mol. The molecule has 31 heavy (non-hydrogen) atoms. The monoisotopic (exact) mass is 423 g/mol. The zero-order valence-corrected chi connectivity index (χ0v) is 18.2. The van der Waals surface area contributed by atoms with Crippen LogP contribution in [0.3, 0.4) is 0 Å². The van der Waals surface area contributed by atoms with E-state index in [1.54, 1.807) is 49.7 Å². The fraction of sp³-hybridized carbons (Fsp3) is 0.318. The summed E-state index contributed by atoms with van der Waals surface area (Å²) in [6, 6.07) is 8.22. The fourth-order valence-electron chi connectivity index (χ4n) is 3.13.